The van der Waals surface area contributed by atoms with E-state index in [0.29, 0.717) is 12.1 Å². The van der Waals surface area contributed by atoms with Crippen LogP contribution >= 0.6 is 0 Å². The van der Waals surface area contributed by atoms with Crippen LogP contribution in [0.3, 0.4) is 0 Å². The minimum absolute atomic E-state index is 0.354. The van der Waals surface area contributed by atoms with E-state index in [1.807, 2.05) is 12.4 Å². The largest absolute Gasteiger partial charge is 0.341 e. The van der Waals surface area contributed by atoms with Gasteiger partial charge in [-0.15, -0.1) is 0 Å². The zero-order valence-corrected chi connectivity index (χ0v) is 19.1. The van der Waals surface area contributed by atoms with Crippen LogP contribution < -0.4 is 10.6 Å². The van der Waals surface area contributed by atoms with Crippen LogP contribution in [0, 0.1) is 0 Å². The van der Waals surface area contributed by atoms with E-state index >= 15 is 0 Å². The van der Waals surface area contributed by atoms with Gasteiger partial charge in [-0.25, -0.2) is 9.97 Å². The molecule has 0 spiro atoms. The van der Waals surface area contributed by atoms with Crippen molar-refractivity contribution in [2.75, 3.05) is 13.1 Å². The van der Waals surface area contributed by atoms with E-state index in [-0.39, 0.29) is 0 Å². The summed E-state index contributed by atoms with van der Waals surface area (Å²) in [7, 11) is 0. The Morgan fingerprint density at radius 3 is 1.53 bits per heavy atom. The smallest absolute Gasteiger partial charge is 0.123 e. The van der Waals surface area contributed by atoms with E-state index in [0.717, 1.165) is 49.0 Å². The summed E-state index contributed by atoms with van der Waals surface area (Å²) in [5.74, 6) is 2.09. The highest BCUT2D eigenvalue weighted by molar-refractivity contribution is 6.00. The summed E-state index contributed by atoms with van der Waals surface area (Å²) in [5, 5.41) is 12.0. The lowest BCUT2D eigenvalue weighted by Crippen LogP contribution is -2.14. The molecule has 4 heterocycles. The van der Waals surface area contributed by atoms with E-state index in [1.165, 1.54) is 45.5 Å². The standard InChI is InChI=1S/C28H28N6/c1-3-23(29-9-1)27-31-15-25(33-27)19-7-5-17-12-22-14-20(8-6-18(22)11-21(17)13-19)26-16-32-28(34-26)24-4-2-10-30-24/h5-8,11-16,23-24,29-30H,1-4,9-10H2,(H,31,33)(H,32,34)/t23-,24?/m0/s1. The summed E-state index contributed by atoms with van der Waals surface area (Å²) < 4.78 is 0. The minimum atomic E-state index is 0.354. The highest BCUT2D eigenvalue weighted by Gasteiger charge is 2.20. The number of aromatic nitrogens is 4. The topological polar surface area (TPSA) is 81.4 Å². The Labute approximate surface area is 198 Å². The Kier molecular flexibility index (Phi) is 4.74. The van der Waals surface area contributed by atoms with Crippen molar-refractivity contribution in [1.82, 2.24) is 30.6 Å². The molecule has 2 saturated heterocycles. The molecule has 34 heavy (non-hydrogen) atoms. The second-order valence-corrected chi connectivity index (χ2v) is 9.64. The molecule has 170 valence electrons. The van der Waals surface area contributed by atoms with E-state index in [4.69, 9.17) is 0 Å². The van der Waals surface area contributed by atoms with Crippen molar-refractivity contribution >= 4 is 21.5 Å². The second kappa shape index (κ2) is 8.08. The molecule has 6 nitrogen and oxygen atoms in total. The van der Waals surface area contributed by atoms with Crippen LogP contribution in [-0.2, 0) is 0 Å². The molecule has 2 aliphatic heterocycles. The molecule has 2 aromatic heterocycles. The van der Waals surface area contributed by atoms with Gasteiger partial charge in [-0.3, -0.25) is 0 Å². The first-order valence-corrected chi connectivity index (χ1v) is 12.4. The molecule has 5 aromatic rings. The molecule has 7 rings (SSSR count). The van der Waals surface area contributed by atoms with Crippen molar-refractivity contribution in [2.45, 2.75) is 37.8 Å². The van der Waals surface area contributed by atoms with Crippen LogP contribution in [0.2, 0.25) is 0 Å². The summed E-state index contributed by atoms with van der Waals surface area (Å²) in [6.07, 6.45) is 8.65. The van der Waals surface area contributed by atoms with E-state index in [1.54, 1.807) is 0 Å². The molecule has 0 bridgehead atoms. The predicted octanol–water partition coefficient (Wildman–Crippen LogP) is 5.62. The maximum absolute atomic E-state index is 4.64. The van der Waals surface area contributed by atoms with Gasteiger partial charge in [0, 0.05) is 11.1 Å². The van der Waals surface area contributed by atoms with Gasteiger partial charge < -0.3 is 20.6 Å². The fourth-order valence-electron chi connectivity index (χ4n) is 5.49. The van der Waals surface area contributed by atoms with Crippen LogP contribution in [-0.4, -0.2) is 33.0 Å². The van der Waals surface area contributed by atoms with Crippen molar-refractivity contribution in [3.8, 4) is 22.5 Å². The molecule has 2 aliphatic rings. The van der Waals surface area contributed by atoms with Gasteiger partial charge in [0.1, 0.15) is 11.6 Å². The molecule has 2 atom stereocenters. The summed E-state index contributed by atoms with van der Waals surface area (Å²) >= 11 is 0. The minimum Gasteiger partial charge on any atom is -0.341 e. The monoisotopic (exact) mass is 448 g/mol. The molecular weight excluding hydrogens is 420 g/mol. The van der Waals surface area contributed by atoms with Crippen molar-refractivity contribution in [3.05, 3.63) is 72.6 Å². The lowest BCUT2D eigenvalue weighted by Gasteiger charge is -2.08. The van der Waals surface area contributed by atoms with Crippen molar-refractivity contribution in [2.24, 2.45) is 0 Å². The number of nitrogens with zero attached hydrogens (tertiary/aromatic N) is 2. The molecule has 0 aliphatic carbocycles. The third kappa shape index (κ3) is 3.50. The average molecular weight is 449 g/mol. The lowest BCUT2D eigenvalue weighted by atomic mass is 9.99. The third-order valence-electron chi connectivity index (χ3n) is 7.39. The van der Waals surface area contributed by atoms with E-state index in [9.17, 15) is 0 Å². The van der Waals surface area contributed by atoms with Crippen LogP contribution in [0.5, 0.6) is 0 Å². The van der Waals surface area contributed by atoms with Gasteiger partial charge in [-0.1, -0.05) is 24.3 Å². The van der Waals surface area contributed by atoms with Crippen molar-refractivity contribution in [3.63, 3.8) is 0 Å². The van der Waals surface area contributed by atoms with Gasteiger partial charge in [0.15, 0.2) is 0 Å². The van der Waals surface area contributed by atoms with Crippen LogP contribution in [0.1, 0.15) is 49.4 Å². The number of H-pyrrole nitrogens is 2. The van der Waals surface area contributed by atoms with Crippen LogP contribution in [0.15, 0.2) is 60.9 Å². The Morgan fingerprint density at radius 2 is 1.09 bits per heavy atom. The Balaban J connectivity index is 1.21. The number of benzene rings is 3. The molecule has 6 heteroatoms. The number of hydrogen-bond donors (Lipinski definition) is 4. The predicted molar refractivity (Wildman–Crippen MR) is 137 cm³/mol. The number of imidazole rings is 2. The lowest BCUT2D eigenvalue weighted by molar-refractivity contribution is 0.613. The summed E-state index contributed by atoms with van der Waals surface area (Å²) in [6.45, 7) is 2.15. The summed E-state index contributed by atoms with van der Waals surface area (Å²) in [6, 6.07) is 18.6. The zero-order valence-electron chi connectivity index (χ0n) is 19.1. The molecular formula is C28H28N6. The molecule has 3 aromatic carbocycles. The first kappa shape index (κ1) is 19.9. The molecule has 0 saturated carbocycles. The normalized spacial score (nSPS) is 20.6. The number of nitrogens with one attached hydrogen (secondary N) is 4. The van der Waals surface area contributed by atoms with Gasteiger partial charge in [0.25, 0.3) is 0 Å². The van der Waals surface area contributed by atoms with E-state index in [2.05, 4.69) is 79.1 Å². The molecule has 2 fully saturated rings. The van der Waals surface area contributed by atoms with Gasteiger partial charge in [-0.2, -0.15) is 0 Å². The third-order valence-corrected chi connectivity index (χ3v) is 7.39. The Morgan fingerprint density at radius 1 is 0.588 bits per heavy atom. The first-order valence-electron chi connectivity index (χ1n) is 12.4. The van der Waals surface area contributed by atoms with Gasteiger partial charge >= 0.3 is 0 Å². The number of fused-ring (bicyclic) bond motifs is 2. The molecule has 0 amide bonds. The van der Waals surface area contributed by atoms with Crippen molar-refractivity contribution in [1.29, 1.82) is 0 Å². The van der Waals surface area contributed by atoms with Crippen molar-refractivity contribution < 1.29 is 0 Å². The average Bonchev–Trinajstić information content (AvgIpc) is 3.68. The van der Waals surface area contributed by atoms with Crippen LogP contribution in [0.4, 0.5) is 0 Å². The van der Waals surface area contributed by atoms with Gasteiger partial charge in [-0.05, 0) is 84.6 Å². The number of hydrogen-bond acceptors (Lipinski definition) is 4. The fourth-order valence-corrected chi connectivity index (χ4v) is 5.49. The Hall–Kier alpha value is -3.48. The highest BCUT2D eigenvalue weighted by Crippen LogP contribution is 2.31. The summed E-state index contributed by atoms with van der Waals surface area (Å²) in [5.41, 5.74) is 4.50. The van der Waals surface area contributed by atoms with Gasteiger partial charge in [0.2, 0.25) is 0 Å². The van der Waals surface area contributed by atoms with E-state index < -0.39 is 0 Å². The number of rotatable bonds is 4. The zero-order chi connectivity index (χ0) is 22.5. The van der Waals surface area contributed by atoms with Gasteiger partial charge in [0.05, 0.1) is 35.9 Å². The Bertz CT molecular complexity index is 1370. The first-order chi connectivity index (χ1) is 16.8. The molecule has 0 radical (unpaired) electrons. The number of aromatic amines is 2. The molecule has 4 N–H and O–H groups in total. The maximum atomic E-state index is 4.64. The summed E-state index contributed by atoms with van der Waals surface area (Å²) in [4.78, 5) is 16.3. The maximum Gasteiger partial charge on any atom is 0.123 e. The quantitative estimate of drug-likeness (QED) is 0.269. The fraction of sp³-hybridized carbons (Fsp3) is 0.286. The highest BCUT2D eigenvalue weighted by atomic mass is 15.0. The van der Waals surface area contributed by atoms with Crippen LogP contribution in [0.25, 0.3) is 44.1 Å². The SMILES string of the molecule is c1cc2cc3cc(-c4cnc([C@@H]5CCCN5)[nH]4)ccc3cc2cc1-c1cnc(C2CCCN2)[nH]1. The second-order valence-electron chi connectivity index (χ2n) is 9.64. The molecule has 1 unspecified atom stereocenters.